The highest BCUT2D eigenvalue weighted by Gasteiger charge is 2.08. The molecule has 0 aliphatic heterocycles. The summed E-state index contributed by atoms with van der Waals surface area (Å²) in [5, 5.41) is 5.16. The lowest BCUT2D eigenvalue weighted by Crippen LogP contribution is -2.22. The minimum Gasteiger partial charge on any atom is -0.347 e. The van der Waals surface area contributed by atoms with Crippen LogP contribution in [0, 0.1) is 6.92 Å². The van der Waals surface area contributed by atoms with Crippen LogP contribution >= 0.6 is 38.9 Å². The van der Waals surface area contributed by atoms with E-state index in [4.69, 9.17) is 11.6 Å². The fourth-order valence-corrected chi connectivity index (χ4v) is 3.12. The van der Waals surface area contributed by atoms with Gasteiger partial charge in [-0.15, -0.1) is 11.3 Å². The van der Waals surface area contributed by atoms with Gasteiger partial charge in [-0.25, -0.2) is 4.98 Å². The summed E-state index contributed by atoms with van der Waals surface area (Å²) in [5.41, 5.74) is 1.26. The lowest BCUT2D eigenvalue weighted by molar-refractivity contribution is 0.0951. The Morgan fingerprint density at radius 2 is 2.28 bits per heavy atom. The van der Waals surface area contributed by atoms with Crippen molar-refractivity contribution in [3.05, 3.63) is 49.3 Å². The Morgan fingerprint density at radius 1 is 1.50 bits per heavy atom. The number of nitrogens with one attached hydrogen (secondary N) is 1. The predicted molar refractivity (Wildman–Crippen MR) is 77.2 cm³/mol. The first kappa shape index (κ1) is 13.5. The standard InChI is InChI=1S/C12H10BrClN2OS/c1-7-2-8(3-11(14)16-7)12(17)15-5-10-4-9(13)6-18-10/h2-4,6H,5H2,1H3,(H,15,17). The molecule has 0 spiro atoms. The third kappa shape index (κ3) is 3.54. The largest absolute Gasteiger partial charge is 0.347 e. The van der Waals surface area contributed by atoms with Crippen LogP contribution in [-0.2, 0) is 6.54 Å². The number of aryl methyl sites for hydroxylation is 1. The highest BCUT2D eigenvalue weighted by molar-refractivity contribution is 9.10. The van der Waals surface area contributed by atoms with Gasteiger partial charge in [-0.2, -0.15) is 0 Å². The first-order valence-electron chi connectivity index (χ1n) is 5.20. The van der Waals surface area contributed by atoms with E-state index in [0.717, 1.165) is 15.0 Å². The van der Waals surface area contributed by atoms with Crippen molar-refractivity contribution in [2.75, 3.05) is 0 Å². The van der Waals surface area contributed by atoms with Crippen molar-refractivity contribution in [3.63, 3.8) is 0 Å². The molecule has 2 aromatic heterocycles. The summed E-state index contributed by atoms with van der Waals surface area (Å²) in [4.78, 5) is 17.0. The number of amides is 1. The predicted octanol–water partition coefficient (Wildman–Crippen LogP) is 3.80. The van der Waals surface area contributed by atoms with Crippen LogP contribution in [-0.4, -0.2) is 10.9 Å². The van der Waals surface area contributed by atoms with Crippen molar-refractivity contribution >= 4 is 44.8 Å². The van der Waals surface area contributed by atoms with Crippen LogP contribution in [0.4, 0.5) is 0 Å². The first-order valence-corrected chi connectivity index (χ1v) is 7.25. The number of carbonyl (C=O) groups excluding carboxylic acids is 1. The van der Waals surface area contributed by atoms with Gasteiger partial charge in [0.2, 0.25) is 0 Å². The second kappa shape index (κ2) is 5.82. The number of rotatable bonds is 3. The topological polar surface area (TPSA) is 42.0 Å². The van der Waals surface area contributed by atoms with Crippen LogP contribution < -0.4 is 5.32 Å². The molecule has 0 aromatic carbocycles. The van der Waals surface area contributed by atoms with Gasteiger partial charge in [-0.1, -0.05) is 11.6 Å². The second-order valence-corrected chi connectivity index (χ2v) is 6.03. The minimum atomic E-state index is -0.146. The van der Waals surface area contributed by atoms with Gasteiger partial charge < -0.3 is 5.32 Å². The summed E-state index contributed by atoms with van der Waals surface area (Å²) in [6.45, 7) is 2.31. The highest BCUT2D eigenvalue weighted by Crippen LogP contribution is 2.19. The molecule has 0 saturated carbocycles. The zero-order valence-corrected chi connectivity index (χ0v) is 12.7. The lowest BCUT2D eigenvalue weighted by atomic mass is 10.2. The first-order chi connectivity index (χ1) is 8.54. The normalized spacial score (nSPS) is 10.4. The number of pyridine rings is 1. The van der Waals surface area contributed by atoms with Crippen molar-refractivity contribution in [2.45, 2.75) is 13.5 Å². The summed E-state index contributed by atoms with van der Waals surface area (Å²) in [6, 6.07) is 5.26. The maximum Gasteiger partial charge on any atom is 0.251 e. The van der Waals surface area contributed by atoms with Crippen molar-refractivity contribution in [1.82, 2.24) is 10.3 Å². The maximum atomic E-state index is 11.9. The molecule has 0 fully saturated rings. The molecule has 0 unspecified atom stereocenters. The van der Waals surface area contributed by atoms with E-state index in [1.54, 1.807) is 30.4 Å². The molecule has 6 heteroatoms. The Labute approximate surface area is 122 Å². The van der Waals surface area contributed by atoms with Gasteiger partial charge in [0, 0.05) is 26.0 Å². The molecule has 1 amide bonds. The van der Waals surface area contributed by atoms with E-state index in [0.29, 0.717) is 17.3 Å². The van der Waals surface area contributed by atoms with Crippen molar-refractivity contribution in [1.29, 1.82) is 0 Å². The molecule has 1 N–H and O–H groups in total. The average molecular weight is 346 g/mol. The van der Waals surface area contributed by atoms with Crippen LogP contribution in [0.2, 0.25) is 5.15 Å². The SMILES string of the molecule is Cc1cc(C(=O)NCc2cc(Br)cs2)cc(Cl)n1. The van der Waals surface area contributed by atoms with Crippen LogP contribution in [0.5, 0.6) is 0 Å². The Balaban J connectivity index is 2.03. The van der Waals surface area contributed by atoms with Crippen molar-refractivity contribution in [3.8, 4) is 0 Å². The van der Waals surface area contributed by atoms with Crippen LogP contribution in [0.1, 0.15) is 20.9 Å². The lowest BCUT2D eigenvalue weighted by Gasteiger charge is -2.04. The van der Waals surface area contributed by atoms with Gasteiger partial charge in [0.15, 0.2) is 0 Å². The molecule has 18 heavy (non-hydrogen) atoms. The summed E-state index contributed by atoms with van der Waals surface area (Å²) in [6.07, 6.45) is 0. The van der Waals surface area contributed by atoms with Gasteiger partial charge in [-0.3, -0.25) is 4.79 Å². The summed E-state index contributed by atoms with van der Waals surface area (Å²) in [7, 11) is 0. The fraction of sp³-hybridized carbons (Fsp3) is 0.167. The van der Waals surface area contributed by atoms with E-state index in [1.807, 2.05) is 11.4 Å². The number of halogens is 2. The van der Waals surface area contributed by atoms with Gasteiger partial charge in [0.05, 0.1) is 6.54 Å². The number of carbonyl (C=O) groups is 1. The molecule has 0 radical (unpaired) electrons. The molecule has 2 heterocycles. The van der Waals surface area contributed by atoms with Gasteiger partial charge in [0.25, 0.3) is 5.91 Å². The van der Waals surface area contributed by atoms with Gasteiger partial charge >= 0.3 is 0 Å². The van der Waals surface area contributed by atoms with Crippen molar-refractivity contribution in [2.24, 2.45) is 0 Å². The molecule has 0 aliphatic rings. The van der Waals surface area contributed by atoms with E-state index < -0.39 is 0 Å². The summed E-state index contributed by atoms with van der Waals surface area (Å²) < 4.78 is 1.03. The molecule has 2 rings (SSSR count). The number of hydrogen-bond donors (Lipinski definition) is 1. The Bertz CT molecular complexity index is 565. The van der Waals surface area contributed by atoms with E-state index in [-0.39, 0.29) is 5.91 Å². The number of hydrogen-bond acceptors (Lipinski definition) is 3. The molecular weight excluding hydrogens is 336 g/mol. The monoisotopic (exact) mass is 344 g/mol. The van der Waals surface area contributed by atoms with Crippen molar-refractivity contribution < 1.29 is 4.79 Å². The fourth-order valence-electron chi connectivity index (χ4n) is 1.48. The molecule has 0 saturated heterocycles. The second-order valence-electron chi connectivity index (χ2n) is 3.73. The molecule has 0 bridgehead atoms. The van der Waals surface area contributed by atoms with E-state index >= 15 is 0 Å². The van der Waals surface area contributed by atoms with E-state index in [1.165, 1.54) is 0 Å². The number of aromatic nitrogens is 1. The maximum absolute atomic E-state index is 11.9. The average Bonchev–Trinajstić information content (AvgIpc) is 2.70. The van der Waals surface area contributed by atoms with E-state index in [2.05, 4.69) is 26.2 Å². The van der Waals surface area contributed by atoms with Crippen LogP contribution in [0.3, 0.4) is 0 Å². The third-order valence-corrected chi connectivity index (χ3v) is 4.12. The summed E-state index contributed by atoms with van der Waals surface area (Å²) in [5.74, 6) is -0.146. The molecule has 0 atom stereocenters. The Morgan fingerprint density at radius 3 is 2.89 bits per heavy atom. The highest BCUT2D eigenvalue weighted by atomic mass is 79.9. The molecule has 94 valence electrons. The Kier molecular flexibility index (Phi) is 4.37. The molecule has 3 nitrogen and oxygen atoms in total. The van der Waals surface area contributed by atoms with Gasteiger partial charge in [0.1, 0.15) is 5.15 Å². The third-order valence-electron chi connectivity index (χ3n) is 2.23. The quantitative estimate of drug-likeness (QED) is 0.860. The Hall–Kier alpha value is -0.910. The zero-order chi connectivity index (χ0) is 13.1. The smallest absolute Gasteiger partial charge is 0.251 e. The van der Waals surface area contributed by atoms with Gasteiger partial charge in [-0.05, 0) is 41.1 Å². The molecule has 0 aliphatic carbocycles. The zero-order valence-electron chi connectivity index (χ0n) is 9.54. The van der Waals surface area contributed by atoms with Crippen LogP contribution in [0.15, 0.2) is 28.1 Å². The molecular formula is C12H10BrClN2OS. The number of thiophene rings is 1. The van der Waals surface area contributed by atoms with E-state index in [9.17, 15) is 4.79 Å². The number of nitrogens with zero attached hydrogens (tertiary/aromatic N) is 1. The minimum absolute atomic E-state index is 0.146. The van der Waals surface area contributed by atoms with Crippen LogP contribution in [0.25, 0.3) is 0 Å². The molecule has 2 aromatic rings. The summed E-state index contributed by atoms with van der Waals surface area (Å²) >= 11 is 10.8.